The van der Waals surface area contributed by atoms with Crippen LogP contribution >= 0.6 is 0 Å². The number of rotatable bonds is 2. The highest BCUT2D eigenvalue weighted by Gasteiger charge is 2.29. The summed E-state index contributed by atoms with van der Waals surface area (Å²) in [5, 5.41) is 2.65. The predicted molar refractivity (Wildman–Crippen MR) is 64.2 cm³/mol. The predicted octanol–water partition coefficient (Wildman–Crippen LogP) is 0.854. The highest BCUT2D eigenvalue weighted by atomic mass is 19.2. The fraction of sp³-hybridized carbons (Fsp3) is 0.385. The molecule has 1 aliphatic rings. The third-order valence-electron chi connectivity index (χ3n) is 3.16. The van der Waals surface area contributed by atoms with Crippen molar-refractivity contribution < 1.29 is 18.4 Å². The van der Waals surface area contributed by atoms with Gasteiger partial charge in [0.1, 0.15) is 6.04 Å². The van der Waals surface area contributed by atoms with E-state index in [2.05, 4.69) is 5.32 Å². The van der Waals surface area contributed by atoms with E-state index in [0.717, 1.165) is 12.1 Å². The van der Waals surface area contributed by atoms with Gasteiger partial charge in [0.05, 0.1) is 6.42 Å². The SMILES string of the molecule is CC1C(=O)NCCN1C(=O)Cc1ccc(F)c(F)c1. The minimum atomic E-state index is -0.977. The zero-order chi connectivity index (χ0) is 14.0. The molecule has 1 aromatic carbocycles. The quantitative estimate of drug-likeness (QED) is 0.864. The summed E-state index contributed by atoms with van der Waals surface area (Å²) in [7, 11) is 0. The minimum absolute atomic E-state index is 0.0468. The van der Waals surface area contributed by atoms with E-state index in [9.17, 15) is 18.4 Å². The lowest BCUT2D eigenvalue weighted by molar-refractivity contribution is -0.142. The second-order valence-electron chi connectivity index (χ2n) is 4.48. The molecule has 0 saturated carbocycles. The lowest BCUT2D eigenvalue weighted by Crippen LogP contribution is -2.56. The zero-order valence-corrected chi connectivity index (χ0v) is 10.5. The third kappa shape index (κ3) is 2.89. The van der Waals surface area contributed by atoms with Crippen LogP contribution in [0.2, 0.25) is 0 Å². The normalized spacial score (nSPS) is 19.2. The Labute approximate surface area is 109 Å². The average Bonchev–Trinajstić information content (AvgIpc) is 2.37. The van der Waals surface area contributed by atoms with Gasteiger partial charge in [-0.15, -0.1) is 0 Å². The molecule has 0 aromatic heterocycles. The smallest absolute Gasteiger partial charge is 0.242 e. The molecule has 0 bridgehead atoms. The fourth-order valence-corrected chi connectivity index (χ4v) is 2.05. The maximum Gasteiger partial charge on any atom is 0.242 e. The van der Waals surface area contributed by atoms with Crippen LogP contribution < -0.4 is 5.32 Å². The number of amides is 2. The summed E-state index contributed by atoms with van der Waals surface area (Å²) >= 11 is 0. The number of carbonyl (C=O) groups is 2. The maximum absolute atomic E-state index is 13.0. The van der Waals surface area contributed by atoms with E-state index < -0.39 is 17.7 Å². The summed E-state index contributed by atoms with van der Waals surface area (Å²) < 4.78 is 25.8. The molecule has 19 heavy (non-hydrogen) atoms. The Bertz CT molecular complexity index is 519. The molecular formula is C13H14F2N2O2. The molecule has 4 nitrogen and oxygen atoms in total. The van der Waals surface area contributed by atoms with Crippen molar-refractivity contribution in [3.8, 4) is 0 Å². The number of nitrogens with one attached hydrogen (secondary N) is 1. The van der Waals surface area contributed by atoms with E-state index in [1.54, 1.807) is 6.92 Å². The van der Waals surface area contributed by atoms with Gasteiger partial charge < -0.3 is 10.2 Å². The van der Waals surface area contributed by atoms with Crippen LogP contribution in [0.25, 0.3) is 0 Å². The van der Waals surface area contributed by atoms with Crippen molar-refractivity contribution in [1.29, 1.82) is 0 Å². The van der Waals surface area contributed by atoms with Crippen LogP contribution in [0.1, 0.15) is 12.5 Å². The van der Waals surface area contributed by atoms with Crippen LogP contribution in [0.3, 0.4) is 0 Å². The molecule has 1 aromatic rings. The largest absolute Gasteiger partial charge is 0.353 e. The van der Waals surface area contributed by atoms with E-state index >= 15 is 0 Å². The molecular weight excluding hydrogens is 254 g/mol. The fourth-order valence-electron chi connectivity index (χ4n) is 2.05. The lowest BCUT2D eigenvalue weighted by atomic mass is 10.1. The summed E-state index contributed by atoms with van der Waals surface area (Å²) in [6, 6.07) is 2.82. The Morgan fingerprint density at radius 2 is 2.16 bits per heavy atom. The van der Waals surface area contributed by atoms with Gasteiger partial charge in [-0.2, -0.15) is 0 Å². The van der Waals surface area contributed by atoms with Crippen LogP contribution in [0.15, 0.2) is 18.2 Å². The number of hydrogen-bond donors (Lipinski definition) is 1. The first kappa shape index (κ1) is 13.5. The van der Waals surface area contributed by atoms with Crippen LogP contribution in [0.5, 0.6) is 0 Å². The van der Waals surface area contributed by atoms with E-state index in [-0.39, 0.29) is 18.2 Å². The van der Waals surface area contributed by atoms with Crippen molar-refractivity contribution in [2.75, 3.05) is 13.1 Å². The van der Waals surface area contributed by atoms with Crippen molar-refractivity contribution in [2.24, 2.45) is 0 Å². The van der Waals surface area contributed by atoms with Crippen LogP contribution in [-0.2, 0) is 16.0 Å². The lowest BCUT2D eigenvalue weighted by Gasteiger charge is -2.32. The summed E-state index contributed by atoms with van der Waals surface area (Å²) in [5.74, 6) is -2.39. The Kier molecular flexibility index (Phi) is 3.78. The van der Waals surface area contributed by atoms with Crippen molar-refractivity contribution in [3.05, 3.63) is 35.4 Å². The molecule has 0 radical (unpaired) electrons. The van der Waals surface area contributed by atoms with Crippen LogP contribution in [-0.4, -0.2) is 35.8 Å². The standard InChI is InChI=1S/C13H14F2N2O2/c1-8-13(19)16-4-5-17(8)12(18)7-9-2-3-10(14)11(15)6-9/h2-3,6,8H,4-5,7H2,1H3,(H,16,19). The van der Waals surface area contributed by atoms with Crippen LogP contribution in [0.4, 0.5) is 8.78 Å². The van der Waals surface area contributed by atoms with Crippen molar-refractivity contribution in [2.45, 2.75) is 19.4 Å². The monoisotopic (exact) mass is 268 g/mol. The van der Waals surface area contributed by atoms with Gasteiger partial charge in [-0.05, 0) is 24.6 Å². The van der Waals surface area contributed by atoms with Gasteiger partial charge >= 0.3 is 0 Å². The molecule has 1 unspecified atom stereocenters. The summed E-state index contributed by atoms with van der Waals surface area (Å²) in [6.07, 6.45) is -0.0468. The maximum atomic E-state index is 13.0. The van der Waals surface area contributed by atoms with Gasteiger partial charge in [-0.3, -0.25) is 9.59 Å². The number of benzene rings is 1. The minimum Gasteiger partial charge on any atom is -0.353 e. The molecule has 102 valence electrons. The zero-order valence-electron chi connectivity index (χ0n) is 10.5. The molecule has 6 heteroatoms. The second kappa shape index (κ2) is 5.34. The molecule has 1 atom stereocenters. The van der Waals surface area contributed by atoms with E-state index in [0.29, 0.717) is 18.7 Å². The van der Waals surface area contributed by atoms with Gasteiger partial charge in [0.15, 0.2) is 11.6 Å². The third-order valence-corrected chi connectivity index (χ3v) is 3.16. The molecule has 0 aliphatic carbocycles. The number of halogens is 2. The molecule has 2 amide bonds. The molecule has 1 heterocycles. The van der Waals surface area contributed by atoms with Crippen molar-refractivity contribution in [3.63, 3.8) is 0 Å². The van der Waals surface area contributed by atoms with Crippen molar-refractivity contribution >= 4 is 11.8 Å². The summed E-state index contributed by atoms with van der Waals surface area (Å²) in [6.45, 7) is 2.47. The Hall–Kier alpha value is -1.98. The molecule has 0 spiro atoms. The highest BCUT2D eigenvalue weighted by Crippen LogP contribution is 2.12. The molecule has 1 N–H and O–H groups in total. The first-order valence-electron chi connectivity index (χ1n) is 6.00. The van der Waals surface area contributed by atoms with E-state index in [1.165, 1.54) is 11.0 Å². The van der Waals surface area contributed by atoms with Gasteiger partial charge in [-0.1, -0.05) is 6.07 Å². The van der Waals surface area contributed by atoms with Crippen LogP contribution in [0, 0.1) is 11.6 Å². The second-order valence-corrected chi connectivity index (χ2v) is 4.48. The molecule has 1 saturated heterocycles. The highest BCUT2D eigenvalue weighted by molar-refractivity contribution is 5.89. The van der Waals surface area contributed by atoms with Gasteiger partial charge in [-0.25, -0.2) is 8.78 Å². The number of carbonyl (C=O) groups excluding carboxylic acids is 2. The number of hydrogen-bond acceptors (Lipinski definition) is 2. The first-order chi connectivity index (χ1) is 8.99. The van der Waals surface area contributed by atoms with Crippen molar-refractivity contribution in [1.82, 2.24) is 10.2 Å². The first-order valence-corrected chi connectivity index (χ1v) is 6.00. The summed E-state index contributed by atoms with van der Waals surface area (Å²) in [5.41, 5.74) is 0.391. The average molecular weight is 268 g/mol. The van der Waals surface area contributed by atoms with Gasteiger partial charge in [0, 0.05) is 13.1 Å². The Balaban J connectivity index is 2.08. The Morgan fingerprint density at radius 1 is 1.42 bits per heavy atom. The number of piperazine rings is 1. The topological polar surface area (TPSA) is 49.4 Å². The number of nitrogens with zero attached hydrogens (tertiary/aromatic N) is 1. The molecule has 1 fully saturated rings. The van der Waals surface area contributed by atoms with Gasteiger partial charge in [0.2, 0.25) is 11.8 Å². The van der Waals surface area contributed by atoms with E-state index in [4.69, 9.17) is 0 Å². The molecule has 2 rings (SSSR count). The van der Waals surface area contributed by atoms with E-state index in [1.807, 2.05) is 0 Å². The summed E-state index contributed by atoms with van der Waals surface area (Å²) in [4.78, 5) is 24.9. The van der Waals surface area contributed by atoms with Gasteiger partial charge in [0.25, 0.3) is 0 Å². The molecule has 1 aliphatic heterocycles. The Morgan fingerprint density at radius 3 is 2.84 bits per heavy atom.